The topological polar surface area (TPSA) is 111 Å². The molecule has 0 saturated carbocycles. The first kappa shape index (κ1) is 16.8. The van der Waals surface area contributed by atoms with E-state index in [0.29, 0.717) is 5.90 Å². The van der Waals surface area contributed by atoms with Gasteiger partial charge in [0.25, 0.3) is 0 Å². The summed E-state index contributed by atoms with van der Waals surface area (Å²) in [4.78, 5) is 4.29. The molecule has 7 heteroatoms. The summed E-state index contributed by atoms with van der Waals surface area (Å²) in [7, 11) is -3.06. The first-order valence-electron chi connectivity index (χ1n) is 4.92. The fourth-order valence-electron chi connectivity index (χ4n) is 1.31. The molecule has 0 aromatic heterocycles. The smallest absolute Gasteiger partial charge is 0.213 e. The first-order chi connectivity index (χ1) is 8.11. The van der Waals surface area contributed by atoms with Crippen molar-refractivity contribution in [1.82, 2.24) is 0 Å². The van der Waals surface area contributed by atoms with Gasteiger partial charge < -0.3 is 4.74 Å². The summed E-state index contributed by atoms with van der Waals surface area (Å²) in [6.07, 6.45) is 6.08. The second kappa shape index (κ2) is 7.30. The van der Waals surface area contributed by atoms with Gasteiger partial charge in [0.15, 0.2) is 0 Å². The van der Waals surface area contributed by atoms with E-state index in [1.807, 2.05) is 26.0 Å². The van der Waals surface area contributed by atoms with Gasteiger partial charge in [-0.25, -0.2) is 4.99 Å². The molecule has 6 nitrogen and oxygen atoms in total. The van der Waals surface area contributed by atoms with Crippen LogP contribution in [0.1, 0.15) is 20.8 Å². The third kappa shape index (κ3) is 10.0. The van der Waals surface area contributed by atoms with Crippen LogP contribution in [0.5, 0.6) is 0 Å². The van der Waals surface area contributed by atoms with Crippen molar-refractivity contribution in [3.63, 3.8) is 0 Å². The minimum atomic E-state index is -4.69. The fourth-order valence-corrected chi connectivity index (χ4v) is 1.31. The lowest BCUT2D eigenvalue weighted by Crippen LogP contribution is -2.58. The van der Waals surface area contributed by atoms with E-state index in [0.717, 1.165) is 11.3 Å². The van der Waals surface area contributed by atoms with Gasteiger partial charge in [0, 0.05) is 11.8 Å². The van der Waals surface area contributed by atoms with E-state index in [-0.39, 0.29) is 0 Å². The molecule has 18 heavy (non-hydrogen) atoms. The number of hydrogen-bond donors (Lipinski definition) is 1. The van der Waals surface area contributed by atoms with E-state index in [1.165, 1.54) is 5.57 Å². The van der Waals surface area contributed by atoms with Gasteiger partial charge in [-0.2, -0.15) is 14.0 Å². The van der Waals surface area contributed by atoms with Crippen LogP contribution in [0, 0.1) is 10.2 Å². The molecule has 1 N–H and O–H groups in total. The van der Waals surface area contributed by atoms with Crippen LogP contribution in [0.3, 0.4) is 0 Å². The van der Waals surface area contributed by atoms with Crippen LogP contribution in [0.25, 0.3) is 0 Å². The van der Waals surface area contributed by atoms with E-state index in [1.54, 1.807) is 7.11 Å². The molecule has 1 heterocycles. The Labute approximate surface area is 108 Å². The minimum Gasteiger partial charge on any atom is -0.481 e. The maximum Gasteiger partial charge on any atom is 0.213 e. The molecule has 0 bridgehead atoms. The molecule has 0 spiro atoms. The lowest BCUT2D eigenvalue weighted by Gasteiger charge is -2.05. The Kier molecular flexibility index (Phi) is 6.82. The Morgan fingerprint density at radius 1 is 1.06 bits per heavy atom. The van der Waals surface area contributed by atoms with Gasteiger partial charge in [-0.05, 0) is 38.0 Å². The third-order valence-corrected chi connectivity index (χ3v) is 1.74. The van der Waals surface area contributed by atoms with Crippen LogP contribution in [0.2, 0.25) is 0 Å². The van der Waals surface area contributed by atoms with Gasteiger partial charge in [0.1, 0.15) is 0 Å². The van der Waals surface area contributed by atoms with Gasteiger partial charge in [0.05, 0.1) is 22.0 Å². The van der Waals surface area contributed by atoms with Gasteiger partial charge in [-0.1, -0.05) is 6.08 Å². The van der Waals surface area contributed by atoms with Gasteiger partial charge in [-0.15, -0.1) is 0 Å². The van der Waals surface area contributed by atoms with Crippen LogP contribution >= 0.6 is 0 Å². The molecule has 0 saturated heterocycles. The van der Waals surface area contributed by atoms with Crippen molar-refractivity contribution >= 4 is 5.90 Å². The Hall–Kier alpha value is -1.18. The van der Waals surface area contributed by atoms with Crippen molar-refractivity contribution < 1.29 is 33.6 Å². The molecule has 0 aliphatic carbocycles. The molecular formula is C11H16ClNO5. The number of nitrogens with zero attached hydrogens (tertiary/aromatic N) is 1. The second-order valence-electron chi connectivity index (χ2n) is 3.61. The highest BCUT2D eigenvalue weighted by molar-refractivity contribution is 5.89. The normalized spacial score (nSPS) is 27.6. The van der Waals surface area contributed by atoms with Crippen molar-refractivity contribution in [3.8, 4) is 0 Å². The summed E-state index contributed by atoms with van der Waals surface area (Å²) in [6, 6.07) is 0. The highest BCUT2D eigenvalue weighted by Crippen LogP contribution is 2.11. The maximum atomic E-state index is 8.60. The maximum absolute atomic E-state index is 8.60. The monoisotopic (exact) mass is 277 g/mol. The van der Waals surface area contributed by atoms with E-state index in [4.69, 9.17) is 23.4 Å². The summed E-state index contributed by atoms with van der Waals surface area (Å²) in [6.45, 7) is 6.06. The number of aliphatic imine (C=N–C) groups is 1. The number of halogens is 1. The Morgan fingerprint density at radius 2 is 1.50 bits per heavy atom. The first-order valence-corrected chi connectivity index (χ1v) is 6.19. The fraction of sp³-hybridized carbons (Fsp3) is 0.364. The zero-order chi connectivity index (χ0) is 14.3. The average Bonchev–Trinajstić information content (AvgIpc) is 2.10. The van der Waals surface area contributed by atoms with E-state index in [9.17, 15) is 0 Å². The van der Waals surface area contributed by atoms with Crippen LogP contribution < -0.4 is 14.0 Å². The van der Waals surface area contributed by atoms with E-state index in [2.05, 4.69) is 18.0 Å². The Balaban J connectivity index is 0.000000494. The van der Waals surface area contributed by atoms with E-state index >= 15 is 0 Å². The van der Waals surface area contributed by atoms with Crippen LogP contribution in [-0.2, 0) is 4.74 Å². The highest BCUT2D eigenvalue weighted by Gasteiger charge is 1.99. The van der Waals surface area contributed by atoms with Crippen LogP contribution in [0.15, 0.2) is 40.1 Å². The summed E-state index contributed by atoms with van der Waals surface area (Å²) in [5.41, 5.74) is 3.33. The second-order valence-corrected chi connectivity index (χ2v) is 4.40. The lowest BCUT2D eigenvalue weighted by atomic mass is 10.1. The molecule has 1 aliphatic heterocycles. The Morgan fingerprint density at radius 3 is 1.94 bits per heavy atom. The van der Waals surface area contributed by atoms with Gasteiger partial charge >= 0.3 is 0 Å². The summed E-state index contributed by atoms with van der Waals surface area (Å²) in [5, 5.41) is 0. The summed E-state index contributed by atoms with van der Waals surface area (Å²) >= 11 is 0. The molecule has 0 unspecified atom stereocenters. The van der Waals surface area contributed by atoms with Crippen molar-refractivity contribution in [2.45, 2.75) is 20.8 Å². The van der Waals surface area contributed by atoms with Crippen molar-refractivity contribution in [2.24, 2.45) is 4.99 Å². The molecule has 102 valence electrons. The summed E-state index contributed by atoms with van der Waals surface area (Å²) < 4.78 is 37.8. The quantitative estimate of drug-likeness (QED) is 0.593. The molecule has 1 rings (SSSR count). The highest BCUT2D eigenvalue weighted by atomic mass is 35.7. The average molecular weight is 278 g/mol. The molecule has 0 aromatic rings. The number of allylic oxidation sites excluding steroid dienone is 5. The standard InChI is InChI=1S/C11H15NO.ClHO4/c1-8-5-9(2)7-11(13-4)12-10(3)6-8;2-1(3,4)5/h5-7H,1-4H3;(H,2,3,4,5)/b8-5-,8-6?,9-5?,9-7-,10-6-,11-7?,12-10?,12-11+;. The van der Waals surface area contributed by atoms with Gasteiger partial charge in [0.2, 0.25) is 5.90 Å². The minimum absolute atomic E-state index is 0.662. The zero-order valence-electron chi connectivity index (χ0n) is 10.6. The number of hydrogen-bond acceptors (Lipinski definition) is 6. The molecular weight excluding hydrogens is 262 g/mol. The SMILES string of the molecule is COC1=N/C(C)=C\C(C)=C/C(C)=C\1.[O-][Cl+3]([O-])([O-])O. The summed E-state index contributed by atoms with van der Waals surface area (Å²) in [5.74, 6) is 0.662. The molecule has 0 radical (unpaired) electrons. The molecule has 1 aliphatic rings. The number of methoxy groups -OCH3 is 1. The number of rotatable bonds is 0. The molecule has 0 fully saturated rings. The molecule has 0 atom stereocenters. The zero-order valence-corrected chi connectivity index (χ0v) is 11.4. The van der Waals surface area contributed by atoms with Crippen LogP contribution in [0.4, 0.5) is 0 Å². The van der Waals surface area contributed by atoms with Crippen molar-refractivity contribution in [3.05, 3.63) is 35.1 Å². The predicted octanol–water partition coefficient (Wildman–Crippen LogP) is -1.28. The van der Waals surface area contributed by atoms with Crippen molar-refractivity contribution in [2.75, 3.05) is 7.11 Å². The lowest BCUT2D eigenvalue weighted by molar-refractivity contribution is -1.92. The largest absolute Gasteiger partial charge is 0.481 e. The molecule has 0 amide bonds. The van der Waals surface area contributed by atoms with E-state index < -0.39 is 10.2 Å². The van der Waals surface area contributed by atoms with Crippen molar-refractivity contribution in [1.29, 1.82) is 0 Å². The van der Waals surface area contributed by atoms with Crippen LogP contribution in [-0.4, -0.2) is 17.7 Å². The predicted molar refractivity (Wildman–Crippen MR) is 57.9 cm³/mol. The third-order valence-electron chi connectivity index (χ3n) is 1.74. The Bertz CT molecular complexity index is 398. The number of ether oxygens (including phenoxy) is 1. The molecule has 0 aromatic carbocycles. The van der Waals surface area contributed by atoms with Gasteiger partial charge in [-0.3, -0.25) is 0 Å².